The maximum atomic E-state index is 12.5. The first-order valence-electron chi connectivity index (χ1n) is 5.98. The van der Waals surface area contributed by atoms with Crippen LogP contribution < -0.4 is 0 Å². The molecule has 0 fully saturated rings. The molecule has 0 heterocycles. The van der Waals surface area contributed by atoms with Crippen LogP contribution in [0.15, 0.2) is 35.2 Å². The topological polar surface area (TPSA) is 129 Å². The van der Waals surface area contributed by atoms with Crippen LogP contribution >= 0.6 is 0 Å². The van der Waals surface area contributed by atoms with Crippen molar-refractivity contribution in [3.05, 3.63) is 52.6 Å². The first kappa shape index (κ1) is 14.2. The van der Waals surface area contributed by atoms with Gasteiger partial charge in [-0.1, -0.05) is 12.1 Å². The van der Waals surface area contributed by atoms with Crippen molar-refractivity contribution in [1.29, 1.82) is 0 Å². The van der Waals surface area contributed by atoms with Crippen molar-refractivity contribution >= 4 is 21.7 Å². The molecule has 8 heteroatoms. The lowest BCUT2D eigenvalue weighted by atomic mass is 9.83. The Morgan fingerprint density at radius 3 is 2.05 bits per heavy atom. The average Bonchev–Trinajstić information content (AvgIpc) is 2.46. The van der Waals surface area contributed by atoms with Crippen LogP contribution in [0, 0.1) is 0 Å². The Bertz CT molecular complexity index is 957. The van der Waals surface area contributed by atoms with Crippen LogP contribution in [0.1, 0.15) is 31.8 Å². The van der Waals surface area contributed by atoms with Crippen molar-refractivity contribution in [3.8, 4) is 11.5 Å². The number of aromatic hydroxyl groups is 2. The number of phenolic OH excluding ortho intramolecular Hbond substituents is 2. The predicted molar refractivity (Wildman–Crippen MR) is 72.9 cm³/mol. The molecule has 1 aliphatic carbocycles. The van der Waals surface area contributed by atoms with Crippen LogP contribution in [0.25, 0.3) is 0 Å². The molecule has 2 aromatic carbocycles. The first-order valence-corrected chi connectivity index (χ1v) is 7.42. The Labute approximate surface area is 124 Å². The molecule has 0 aliphatic heterocycles. The molecule has 3 N–H and O–H groups in total. The highest BCUT2D eigenvalue weighted by atomic mass is 32.2. The molecule has 0 spiro atoms. The van der Waals surface area contributed by atoms with Gasteiger partial charge < -0.3 is 10.2 Å². The Hall–Kier alpha value is -2.71. The first-order chi connectivity index (χ1) is 10.2. The van der Waals surface area contributed by atoms with Gasteiger partial charge in [-0.2, -0.15) is 8.42 Å². The molecular formula is C14H8O7S. The van der Waals surface area contributed by atoms with Gasteiger partial charge in [-0.15, -0.1) is 0 Å². The molecule has 3 rings (SSSR count). The highest BCUT2D eigenvalue weighted by Gasteiger charge is 2.36. The average molecular weight is 320 g/mol. The molecule has 0 saturated heterocycles. The highest BCUT2D eigenvalue weighted by molar-refractivity contribution is 7.86. The largest absolute Gasteiger partial charge is 0.504 e. The van der Waals surface area contributed by atoms with Crippen molar-refractivity contribution in [3.63, 3.8) is 0 Å². The number of carbonyl (C=O) groups excluding carboxylic acids is 2. The molecule has 0 radical (unpaired) electrons. The van der Waals surface area contributed by atoms with E-state index < -0.39 is 49.2 Å². The highest BCUT2D eigenvalue weighted by Crippen LogP contribution is 2.39. The number of rotatable bonds is 1. The van der Waals surface area contributed by atoms with Crippen molar-refractivity contribution in [2.45, 2.75) is 4.90 Å². The summed E-state index contributed by atoms with van der Waals surface area (Å²) in [5, 5.41) is 19.3. The number of ketones is 2. The summed E-state index contributed by atoms with van der Waals surface area (Å²) in [6, 6.07) is 5.52. The SMILES string of the molecule is O=C1c2ccc(O)c(O)c2C(=O)c2cccc(S(=O)(=O)O)c21. The Balaban J connectivity index is 2.42. The summed E-state index contributed by atoms with van der Waals surface area (Å²) in [5.41, 5.74) is -1.37. The zero-order chi connectivity index (χ0) is 16.2. The van der Waals surface area contributed by atoms with Crippen LogP contribution in [0.4, 0.5) is 0 Å². The maximum absolute atomic E-state index is 12.5. The monoisotopic (exact) mass is 320 g/mol. The lowest BCUT2D eigenvalue weighted by Crippen LogP contribution is -2.23. The van der Waals surface area contributed by atoms with Gasteiger partial charge in [0, 0.05) is 11.1 Å². The number of fused-ring (bicyclic) bond motifs is 2. The quantitative estimate of drug-likeness (QED) is 0.452. The maximum Gasteiger partial charge on any atom is 0.295 e. The van der Waals surface area contributed by atoms with Gasteiger partial charge in [-0.3, -0.25) is 14.1 Å². The van der Waals surface area contributed by atoms with E-state index in [1.165, 1.54) is 12.1 Å². The summed E-state index contributed by atoms with van der Waals surface area (Å²) in [5.74, 6) is -2.98. The van der Waals surface area contributed by atoms with E-state index in [4.69, 9.17) is 0 Å². The van der Waals surface area contributed by atoms with E-state index >= 15 is 0 Å². The lowest BCUT2D eigenvalue weighted by molar-refractivity contribution is 0.0973. The van der Waals surface area contributed by atoms with Gasteiger partial charge in [0.05, 0.1) is 11.1 Å². The molecular weight excluding hydrogens is 312 g/mol. The lowest BCUT2D eigenvalue weighted by Gasteiger charge is -2.20. The number of hydrogen-bond donors (Lipinski definition) is 3. The van der Waals surface area contributed by atoms with E-state index in [9.17, 15) is 32.8 Å². The number of hydrogen-bond acceptors (Lipinski definition) is 6. The number of phenols is 2. The van der Waals surface area contributed by atoms with Gasteiger partial charge in [-0.05, 0) is 18.2 Å². The van der Waals surface area contributed by atoms with Gasteiger partial charge in [0.2, 0.25) is 0 Å². The van der Waals surface area contributed by atoms with Crippen molar-refractivity contribution in [2.75, 3.05) is 0 Å². The van der Waals surface area contributed by atoms with E-state index in [1.807, 2.05) is 0 Å². The molecule has 112 valence electrons. The molecule has 0 amide bonds. The van der Waals surface area contributed by atoms with Crippen molar-refractivity contribution in [2.24, 2.45) is 0 Å². The number of carbonyl (C=O) groups is 2. The molecule has 2 aromatic rings. The van der Waals surface area contributed by atoms with Crippen LogP contribution in [0.5, 0.6) is 11.5 Å². The third-order valence-corrected chi connectivity index (χ3v) is 4.30. The Kier molecular flexibility index (Phi) is 2.84. The third-order valence-electron chi connectivity index (χ3n) is 3.40. The van der Waals surface area contributed by atoms with Gasteiger partial charge in [-0.25, -0.2) is 0 Å². The normalized spacial score (nSPS) is 13.7. The second-order valence-corrected chi connectivity index (χ2v) is 6.06. The Morgan fingerprint density at radius 2 is 1.41 bits per heavy atom. The second-order valence-electron chi connectivity index (χ2n) is 4.67. The van der Waals surface area contributed by atoms with E-state index in [1.54, 1.807) is 0 Å². The summed E-state index contributed by atoms with van der Waals surface area (Å²) in [6.07, 6.45) is 0. The van der Waals surface area contributed by atoms with Gasteiger partial charge in [0.1, 0.15) is 4.90 Å². The fraction of sp³-hybridized carbons (Fsp3) is 0. The van der Waals surface area contributed by atoms with E-state index in [0.29, 0.717) is 0 Å². The predicted octanol–water partition coefficient (Wildman–Crippen LogP) is 1.12. The van der Waals surface area contributed by atoms with Gasteiger partial charge >= 0.3 is 0 Å². The van der Waals surface area contributed by atoms with Crippen LogP contribution in [0.3, 0.4) is 0 Å². The third kappa shape index (κ3) is 1.81. The van der Waals surface area contributed by atoms with Gasteiger partial charge in [0.25, 0.3) is 10.1 Å². The number of benzene rings is 2. The van der Waals surface area contributed by atoms with Crippen molar-refractivity contribution in [1.82, 2.24) is 0 Å². The Morgan fingerprint density at radius 1 is 0.818 bits per heavy atom. The summed E-state index contributed by atoms with van der Waals surface area (Å²) >= 11 is 0. The minimum atomic E-state index is -4.71. The van der Waals surface area contributed by atoms with E-state index in [2.05, 4.69) is 0 Å². The summed E-state index contributed by atoms with van der Waals surface area (Å²) in [4.78, 5) is 24.2. The van der Waals surface area contributed by atoms with Crippen molar-refractivity contribution < 1.29 is 32.8 Å². The minimum absolute atomic E-state index is 0.246. The molecule has 0 atom stereocenters. The second kappa shape index (κ2) is 4.39. The van der Waals surface area contributed by atoms with Crippen LogP contribution in [0.2, 0.25) is 0 Å². The van der Waals surface area contributed by atoms with Crippen LogP contribution in [-0.4, -0.2) is 34.8 Å². The summed E-state index contributed by atoms with van der Waals surface area (Å²) < 4.78 is 32.0. The smallest absolute Gasteiger partial charge is 0.295 e. The molecule has 22 heavy (non-hydrogen) atoms. The summed E-state index contributed by atoms with van der Waals surface area (Å²) in [6.45, 7) is 0. The minimum Gasteiger partial charge on any atom is -0.504 e. The zero-order valence-electron chi connectivity index (χ0n) is 10.8. The summed E-state index contributed by atoms with van der Waals surface area (Å²) in [7, 11) is -4.71. The fourth-order valence-corrected chi connectivity index (χ4v) is 3.15. The molecule has 0 aromatic heterocycles. The molecule has 7 nitrogen and oxygen atoms in total. The standard InChI is InChI=1S/C14H8O7S/c15-8-5-4-7-11(14(8)18)13(17)6-2-1-3-9(22(19,20)21)10(6)12(7)16/h1-5,15,18H,(H,19,20,21). The molecule has 0 bridgehead atoms. The molecule has 1 aliphatic rings. The molecule has 0 unspecified atom stereocenters. The van der Waals surface area contributed by atoms with E-state index in [-0.39, 0.29) is 11.1 Å². The van der Waals surface area contributed by atoms with Crippen LogP contribution in [-0.2, 0) is 10.1 Å². The molecule has 0 saturated carbocycles. The fourth-order valence-electron chi connectivity index (χ4n) is 2.44. The zero-order valence-corrected chi connectivity index (χ0v) is 11.6. The van der Waals surface area contributed by atoms with Gasteiger partial charge in [0.15, 0.2) is 23.1 Å². The van der Waals surface area contributed by atoms with E-state index in [0.717, 1.165) is 18.2 Å².